The first-order valence-corrected chi connectivity index (χ1v) is 11.3. The molecular weight excluding hydrogens is 390 g/mol. The highest BCUT2D eigenvalue weighted by Crippen LogP contribution is 2.29. The Balaban J connectivity index is 1.21. The molecule has 0 bridgehead atoms. The summed E-state index contributed by atoms with van der Waals surface area (Å²) in [5, 5.41) is 0. The van der Waals surface area contributed by atoms with Crippen LogP contribution in [-0.2, 0) is 9.59 Å². The van der Waals surface area contributed by atoms with Crippen LogP contribution in [-0.4, -0.2) is 78.9 Å². The molecule has 6 heteroatoms. The number of likely N-dealkylation sites (tertiary alicyclic amines) is 1. The number of carbonyl (C=O) groups is 2. The standard InChI is InChI=1S/C25H31N3O3/c29-24(28-17-15-26(16-18-28)20-25(30)27-13-6-7-14-27)12-19-31-23-11-5-4-10-22(23)21-8-2-1-3-9-21/h1-5,8-11H,6-7,12-20H2. The van der Waals surface area contributed by atoms with Gasteiger partial charge >= 0.3 is 0 Å². The van der Waals surface area contributed by atoms with Gasteiger partial charge in [0, 0.05) is 44.8 Å². The van der Waals surface area contributed by atoms with Crippen LogP contribution in [0, 0.1) is 0 Å². The lowest BCUT2D eigenvalue weighted by molar-refractivity contribution is -0.135. The molecule has 0 aromatic heterocycles. The van der Waals surface area contributed by atoms with E-state index in [0.717, 1.165) is 55.9 Å². The molecule has 0 unspecified atom stereocenters. The Bertz CT molecular complexity index is 873. The van der Waals surface area contributed by atoms with Gasteiger partial charge in [0.25, 0.3) is 0 Å². The average Bonchev–Trinajstić information content (AvgIpc) is 3.36. The van der Waals surface area contributed by atoms with Gasteiger partial charge in [-0.15, -0.1) is 0 Å². The maximum Gasteiger partial charge on any atom is 0.236 e. The van der Waals surface area contributed by atoms with E-state index in [4.69, 9.17) is 4.74 Å². The van der Waals surface area contributed by atoms with Crippen molar-refractivity contribution in [2.75, 3.05) is 52.4 Å². The van der Waals surface area contributed by atoms with Crippen molar-refractivity contribution in [3.63, 3.8) is 0 Å². The smallest absolute Gasteiger partial charge is 0.236 e. The molecule has 0 saturated carbocycles. The van der Waals surface area contributed by atoms with Crippen LogP contribution < -0.4 is 4.74 Å². The van der Waals surface area contributed by atoms with Gasteiger partial charge in [0.05, 0.1) is 19.6 Å². The number of ether oxygens (including phenoxy) is 1. The van der Waals surface area contributed by atoms with Gasteiger partial charge in [0.1, 0.15) is 5.75 Å². The highest BCUT2D eigenvalue weighted by Gasteiger charge is 2.25. The van der Waals surface area contributed by atoms with Crippen molar-refractivity contribution in [2.24, 2.45) is 0 Å². The van der Waals surface area contributed by atoms with E-state index in [1.807, 2.05) is 52.3 Å². The largest absolute Gasteiger partial charge is 0.492 e. The molecule has 2 aromatic carbocycles. The molecule has 4 rings (SSSR count). The number of nitrogens with zero attached hydrogens (tertiary/aromatic N) is 3. The molecule has 164 valence electrons. The highest BCUT2D eigenvalue weighted by atomic mass is 16.5. The summed E-state index contributed by atoms with van der Waals surface area (Å²) in [5.41, 5.74) is 2.14. The van der Waals surface area contributed by atoms with Crippen LogP contribution in [0.4, 0.5) is 0 Å². The summed E-state index contributed by atoms with van der Waals surface area (Å²) in [4.78, 5) is 31.0. The average molecular weight is 422 g/mol. The zero-order valence-electron chi connectivity index (χ0n) is 18.0. The molecule has 31 heavy (non-hydrogen) atoms. The fourth-order valence-corrected chi connectivity index (χ4v) is 4.27. The summed E-state index contributed by atoms with van der Waals surface area (Å²) in [6, 6.07) is 18.1. The molecule has 0 radical (unpaired) electrons. The lowest BCUT2D eigenvalue weighted by Gasteiger charge is -2.35. The van der Waals surface area contributed by atoms with Crippen LogP contribution in [0.1, 0.15) is 19.3 Å². The molecule has 2 amide bonds. The second-order valence-corrected chi connectivity index (χ2v) is 8.21. The van der Waals surface area contributed by atoms with Crippen LogP contribution in [0.2, 0.25) is 0 Å². The Morgan fingerprint density at radius 1 is 0.742 bits per heavy atom. The van der Waals surface area contributed by atoms with E-state index in [-0.39, 0.29) is 11.8 Å². The molecule has 6 nitrogen and oxygen atoms in total. The lowest BCUT2D eigenvalue weighted by Crippen LogP contribution is -2.51. The van der Waals surface area contributed by atoms with Crippen LogP contribution in [0.5, 0.6) is 5.75 Å². The number of carbonyl (C=O) groups excluding carboxylic acids is 2. The summed E-state index contributed by atoms with van der Waals surface area (Å²) >= 11 is 0. The van der Waals surface area contributed by atoms with E-state index >= 15 is 0 Å². The summed E-state index contributed by atoms with van der Waals surface area (Å²) in [7, 11) is 0. The Kier molecular flexibility index (Phi) is 7.20. The van der Waals surface area contributed by atoms with Crippen LogP contribution in [0.15, 0.2) is 54.6 Å². The first kappa shape index (κ1) is 21.4. The monoisotopic (exact) mass is 421 g/mol. The molecule has 2 fully saturated rings. The highest BCUT2D eigenvalue weighted by molar-refractivity contribution is 5.79. The lowest BCUT2D eigenvalue weighted by atomic mass is 10.1. The van der Waals surface area contributed by atoms with E-state index in [9.17, 15) is 9.59 Å². The number of hydrogen-bond donors (Lipinski definition) is 0. The van der Waals surface area contributed by atoms with E-state index in [0.29, 0.717) is 32.7 Å². The first-order valence-electron chi connectivity index (χ1n) is 11.3. The second kappa shape index (κ2) is 10.4. The minimum atomic E-state index is 0.114. The number of hydrogen-bond acceptors (Lipinski definition) is 4. The summed E-state index contributed by atoms with van der Waals surface area (Å²) in [6.45, 7) is 5.47. The van der Waals surface area contributed by atoms with Gasteiger partial charge in [-0.2, -0.15) is 0 Å². The fourth-order valence-electron chi connectivity index (χ4n) is 4.27. The Hall–Kier alpha value is -2.86. The first-order chi connectivity index (χ1) is 15.2. The van der Waals surface area contributed by atoms with Crippen LogP contribution in [0.3, 0.4) is 0 Å². The molecular formula is C25H31N3O3. The Morgan fingerprint density at radius 2 is 1.39 bits per heavy atom. The van der Waals surface area contributed by atoms with Crippen molar-refractivity contribution in [1.82, 2.24) is 14.7 Å². The van der Waals surface area contributed by atoms with Crippen LogP contribution >= 0.6 is 0 Å². The van der Waals surface area contributed by atoms with Gasteiger partial charge in [0.2, 0.25) is 11.8 Å². The molecule has 2 aliphatic heterocycles. The van der Waals surface area contributed by atoms with E-state index < -0.39 is 0 Å². The molecule has 0 spiro atoms. The van der Waals surface area contributed by atoms with E-state index in [1.54, 1.807) is 0 Å². The zero-order valence-corrected chi connectivity index (χ0v) is 18.0. The molecule has 0 N–H and O–H groups in total. The normalized spacial score (nSPS) is 17.0. The Labute approximate surface area is 184 Å². The van der Waals surface area contributed by atoms with Gasteiger partial charge in [-0.05, 0) is 24.5 Å². The van der Waals surface area contributed by atoms with Crippen LogP contribution in [0.25, 0.3) is 11.1 Å². The van der Waals surface area contributed by atoms with E-state index in [2.05, 4.69) is 17.0 Å². The van der Waals surface area contributed by atoms with E-state index in [1.165, 1.54) is 0 Å². The number of benzene rings is 2. The van der Waals surface area contributed by atoms with Crippen molar-refractivity contribution in [1.29, 1.82) is 0 Å². The quantitative estimate of drug-likeness (QED) is 0.690. The zero-order chi connectivity index (χ0) is 21.5. The van der Waals surface area contributed by atoms with Crippen molar-refractivity contribution < 1.29 is 14.3 Å². The predicted octanol–water partition coefficient (Wildman–Crippen LogP) is 2.89. The third kappa shape index (κ3) is 5.64. The molecule has 2 aromatic rings. The molecule has 0 aliphatic carbocycles. The van der Waals surface area contributed by atoms with Crippen molar-refractivity contribution in [3.05, 3.63) is 54.6 Å². The fraction of sp³-hybridized carbons (Fsp3) is 0.440. The van der Waals surface area contributed by atoms with Gasteiger partial charge in [0.15, 0.2) is 0 Å². The maximum atomic E-state index is 12.6. The molecule has 0 atom stereocenters. The third-order valence-electron chi connectivity index (χ3n) is 6.09. The van der Waals surface area contributed by atoms with Gasteiger partial charge in [-0.1, -0.05) is 48.5 Å². The molecule has 2 saturated heterocycles. The minimum absolute atomic E-state index is 0.114. The van der Waals surface area contributed by atoms with Gasteiger partial charge in [-0.3, -0.25) is 14.5 Å². The second-order valence-electron chi connectivity index (χ2n) is 8.21. The summed E-state index contributed by atoms with van der Waals surface area (Å²) in [6.07, 6.45) is 2.59. The van der Waals surface area contributed by atoms with Crippen molar-refractivity contribution in [3.8, 4) is 16.9 Å². The minimum Gasteiger partial charge on any atom is -0.492 e. The molecule has 2 aliphatic rings. The van der Waals surface area contributed by atoms with Gasteiger partial charge in [-0.25, -0.2) is 0 Å². The van der Waals surface area contributed by atoms with Crippen molar-refractivity contribution >= 4 is 11.8 Å². The Morgan fingerprint density at radius 3 is 2.13 bits per heavy atom. The third-order valence-corrected chi connectivity index (χ3v) is 6.09. The molecule has 2 heterocycles. The SMILES string of the molecule is O=C(CCOc1ccccc1-c1ccccc1)N1CCN(CC(=O)N2CCCC2)CC1. The number of para-hydroxylation sites is 1. The predicted molar refractivity (Wildman–Crippen MR) is 121 cm³/mol. The number of amides is 2. The summed E-state index contributed by atoms with van der Waals surface area (Å²) in [5.74, 6) is 1.14. The topological polar surface area (TPSA) is 53.1 Å². The summed E-state index contributed by atoms with van der Waals surface area (Å²) < 4.78 is 5.98. The number of piperazine rings is 1. The van der Waals surface area contributed by atoms with Crippen molar-refractivity contribution in [2.45, 2.75) is 19.3 Å². The van der Waals surface area contributed by atoms with Gasteiger partial charge < -0.3 is 14.5 Å². The number of rotatable bonds is 7. The maximum absolute atomic E-state index is 12.6.